The van der Waals surface area contributed by atoms with Gasteiger partial charge in [0.1, 0.15) is 11.6 Å². The zero-order valence-electron chi connectivity index (χ0n) is 14.5. The Morgan fingerprint density at radius 1 is 1.26 bits per heavy atom. The van der Waals surface area contributed by atoms with E-state index in [1.165, 1.54) is 12.1 Å². The molecule has 1 aliphatic carbocycles. The van der Waals surface area contributed by atoms with Crippen molar-refractivity contribution in [3.05, 3.63) is 46.9 Å². The van der Waals surface area contributed by atoms with E-state index in [1.807, 2.05) is 0 Å². The summed E-state index contributed by atoms with van der Waals surface area (Å²) in [7, 11) is 0. The number of aromatic nitrogens is 2. The molecule has 1 fully saturated rings. The number of carboxylic acid groups (broad SMARTS) is 1. The SMILES string of the molecule is O=C(Nc1ccnn1Cc1ccc(Cl)c(F)c1)NC1CCC(C(=O)O)CC1. The van der Waals surface area contributed by atoms with Gasteiger partial charge in [0.25, 0.3) is 0 Å². The van der Waals surface area contributed by atoms with Crippen molar-refractivity contribution in [2.24, 2.45) is 5.92 Å². The molecule has 0 atom stereocenters. The topological polar surface area (TPSA) is 96.3 Å². The minimum atomic E-state index is -0.777. The molecule has 3 rings (SSSR count). The maximum atomic E-state index is 13.6. The maximum Gasteiger partial charge on any atom is 0.320 e. The van der Waals surface area contributed by atoms with Gasteiger partial charge in [0.05, 0.1) is 23.7 Å². The van der Waals surface area contributed by atoms with E-state index in [4.69, 9.17) is 16.7 Å². The smallest absolute Gasteiger partial charge is 0.320 e. The number of rotatable bonds is 5. The Hall–Kier alpha value is -2.61. The lowest BCUT2D eigenvalue weighted by Crippen LogP contribution is -2.41. The fourth-order valence-electron chi connectivity index (χ4n) is 3.20. The summed E-state index contributed by atoms with van der Waals surface area (Å²) in [6.45, 7) is 0.278. The number of anilines is 1. The number of nitrogens with one attached hydrogen (secondary N) is 2. The average molecular weight is 395 g/mol. The van der Waals surface area contributed by atoms with Crippen LogP contribution in [0.3, 0.4) is 0 Å². The van der Waals surface area contributed by atoms with Gasteiger partial charge in [0, 0.05) is 12.1 Å². The molecule has 2 aromatic rings. The predicted molar refractivity (Wildman–Crippen MR) is 98.3 cm³/mol. The Balaban J connectivity index is 1.55. The van der Waals surface area contributed by atoms with E-state index >= 15 is 0 Å². The summed E-state index contributed by atoms with van der Waals surface area (Å²) in [5.41, 5.74) is 0.663. The number of hydrogen-bond donors (Lipinski definition) is 3. The van der Waals surface area contributed by atoms with Gasteiger partial charge in [-0.2, -0.15) is 5.10 Å². The highest BCUT2D eigenvalue weighted by Crippen LogP contribution is 2.24. The standard InChI is InChI=1S/C18H20ClFN4O3/c19-14-6-1-11(9-15(14)20)10-24-16(7-8-21-24)23-18(27)22-13-4-2-12(3-5-13)17(25)26/h1,6-9,12-13H,2-5,10H2,(H,25,26)(H2,22,23,27). The third-order valence-electron chi connectivity index (χ3n) is 4.69. The first-order valence-corrected chi connectivity index (χ1v) is 9.06. The van der Waals surface area contributed by atoms with Gasteiger partial charge in [-0.15, -0.1) is 0 Å². The van der Waals surface area contributed by atoms with Crippen molar-refractivity contribution < 1.29 is 19.1 Å². The van der Waals surface area contributed by atoms with Crippen LogP contribution in [-0.2, 0) is 11.3 Å². The third-order valence-corrected chi connectivity index (χ3v) is 4.99. The molecular formula is C18H20ClFN4O3. The van der Waals surface area contributed by atoms with Gasteiger partial charge in [-0.25, -0.2) is 13.9 Å². The molecule has 7 nitrogen and oxygen atoms in total. The van der Waals surface area contributed by atoms with Crippen LogP contribution < -0.4 is 10.6 Å². The van der Waals surface area contributed by atoms with Crippen molar-refractivity contribution in [2.45, 2.75) is 38.3 Å². The average Bonchev–Trinajstić information content (AvgIpc) is 3.05. The molecule has 9 heteroatoms. The van der Waals surface area contributed by atoms with Crippen molar-refractivity contribution in [3.63, 3.8) is 0 Å². The molecule has 0 unspecified atom stereocenters. The third kappa shape index (κ3) is 4.97. The van der Waals surface area contributed by atoms with Crippen LogP contribution in [0.4, 0.5) is 15.0 Å². The first-order valence-electron chi connectivity index (χ1n) is 8.68. The summed E-state index contributed by atoms with van der Waals surface area (Å²) >= 11 is 5.69. The molecule has 0 saturated heterocycles. The second kappa shape index (κ2) is 8.39. The molecule has 1 aromatic carbocycles. The minimum Gasteiger partial charge on any atom is -0.481 e. The number of nitrogens with zero attached hydrogens (tertiary/aromatic N) is 2. The van der Waals surface area contributed by atoms with Crippen LogP contribution >= 0.6 is 11.6 Å². The molecule has 144 valence electrons. The van der Waals surface area contributed by atoms with Crippen LogP contribution in [0, 0.1) is 11.7 Å². The highest BCUT2D eigenvalue weighted by atomic mass is 35.5. The number of carboxylic acids is 1. The lowest BCUT2D eigenvalue weighted by atomic mass is 9.86. The summed E-state index contributed by atoms with van der Waals surface area (Å²) < 4.78 is 15.1. The Labute approximate surface area is 160 Å². The molecule has 1 saturated carbocycles. The van der Waals surface area contributed by atoms with E-state index in [9.17, 15) is 14.0 Å². The summed E-state index contributed by atoms with van der Waals surface area (Å²) in [6, 6.07) is 5.71. The van der Waals surface area contributed by atoms with E-state index < -0.39 is 11.8 Å². The molecule has 1 aromatic heterocycles. The second-order valence-corrected chi connectivity index (χ2v) is 7.02. The molecule has 3 N–H and O–H groups in total. The molecule has 0 radical (unpaired) electrons. The van der Waals surface area contributed by atoms with Gasteiger partial charge in [-0.05, 0) is 43.4 Å². The predicted octanol–water partition coefficient (Wildman–Crippen LogP) is 3.49. The van der Waals surface area contributed by atoms with Gasteiger partial charge in [-0.1, -0.05) is 17.7 Å². The lowest BCUT2D eigenvalue weighted by Gasteiger charge is -2.26. The zero-order chi connectivity index (χ0) is 19.4. The van der Waals surface area contributed by atoms with Crippen LogP contribution in [0.25, 0.3) is 0 Å². The number of amides is 2. The van der Waals surface area contributed by atoms with Gasteiger partial charge in [0.15, 0.2) is 0 Å². The fraction of sp³-hybridized carbons (Fsp3) is 0.389. The van der Waals surface area contributed by atoms with E-state index in [1.54, 1.807) is 23.0 Å². The van der Waals surface area contributed by atoms with E-state index in [0.29, 0.717) is 37.1 Å². The minimum absolute atomic E-state index is 0.0505. The quantitative estimate of drug-likeness (QED) is 0.723. The number of aliphatic carboxylic acids is 1. The molecule has 27 heavy (non-hydrogen) atoms. The number of carbonyl (C=O) groups excluding carboxylic acids is 1. The van der Waals surface area contributed by atoms with E-state index in [-0.39, 0.29) is 29.6 Å². The molecule has 0 aliphatic heterocycles. The van der Waals surface area contributed by atoms with Crippen LogP contribution in [0.5, 0.6) is 0 Å². The van der Waals surface area contributed by atoms with Gasteiger partial charge < -0.3 is 10.4 Å². The van der Waals surface area contributed by atoms with Gasteiger partial charge in [-0.3, -0.25) is 10.1 Å². The van der Waals surface area contributed by atoms with Crippen LogP contribution in [0.15, 0.2) is 30.5 Å². The summed E-state index contributed by atoms with van der Waals surface area (Å²) in [6.07, 6.45) is 3.92. The highest BCUT2D eigenvalue weighted by Gasteiger charge is 2.26. The van der Waals surface area contributed by atoms with E-state index in [2.05, 4.69) is 15.7 Å². The van der Waals surface area contributed by atoms with Crippen molar-refractivity contribution in [3.8, 4) is 0 Å². The van der Waals surface area contributed by atoms with Crippen molar-refractivity contribution in [1.82, 2.24) is 15.1 Å². The number of carbonyl (C=O) groups is 2. The highest BCUT2D eigenvalue weighted by molar-refractivity contribution is 6.30. The van der Waals surface area contributed by atoms with Gasteiger partial charge >= 0.3 is 12.0 Å². The van der Waals surface area contributed by atoms with Crippen LogP contribution in [-0.4, -0.2) is 32.9 Å². The molecule has 1 heterocycles. The maximum absolute atomic E-state index is 13.6. The molecule has 0 bridgehead atoms. The number of hydrogen-bond acceptors (Lipinski definition) is 3. The van der Waals surface area contributed by atoms with Crippen molar-refractivity contribution in [2.75, 3.05) is 5.32 Å². The monoisotopic (exact) mass is 394 g/mol. The largest absolute Gasteiger partial charge is 0.481 e. The summed E-state index contributed by atoms with van der Waals surface area (Å²) in [5.74, 6) is -1.14. The lowest BCUT2D eigenvalue weighted by molar-refractivity contribution is -0.142. The Bertz CT molecular complexity index is 834. The van der Waals surface area contributed by atoms with Gasteiger partial charge in [0.2, 0.25) is 0 Å². The zero-order valence-corrected chi connectivity index (χ0v) is 15.2. The summed E-state index contributed by atoms with van der Waals surface area (Å²) in [4.78, 5) is 23.2. The Morgan fingerprint density at radius 3 is 2.67 bits per heavy atom. The molecule has 0 spiro atoms. The first-order chi connectivity index (χ1) is 12.9. The number of halogens is 2. The van der Waals surface area contributed by atoms with Crippen molar-refractivity contribution >= 4 is 29.4 Å². The number of urea groups is 1. The summed E-state index contributed by atoms with van der Waals surface area (Å²) in [5, 5.41) is 18.8. The fourth-order valence-corrected chi connectivity index (χ4v) is 3.32. The van der Waals surface area contributed by atoms with E-state index in [0.717, 1.165) is 0 Å². The molecular weight excluding hydrogens is 375 g/mol. The second-order valence-electron chi connectivity index (χ2n) is 6.61. The van der Waals surface area contributed by atoms with Crippen LogP contribution in [0.1, 0.15) is 31.2 Å². The van der Waals surface area contributed by atoms with Crippen molar-refractivity contribution in [1.29, 1.82) is 0 Å². The number of benzene rings is 1. The van der Waals surface area contributed by atoms with Crippen LogP contribution in [0.2, 0.25) is 5.02 Å². The first kappa shape index (κ1) is 19.2. The molecule has 2 amide bonds. The normalized spacial score (nSPS) is 19.5. The molecule has 1 aliphatic rings. The Morgan fingerprint density at radius 2 is 2.00 bits per heavy atom. The Kier molecular flexibility index (Phi) is 5.95.